The van der Waals surface area contributed by atoms with Crippen LogP contribution in [0.25, 0.3) is 0 Å². The number of nitrogens with zero attached hydrogens (tertiary/aromatic N) is 1. The van der Waals surface area contributed by atoms with Crippen molar-refractivity contribution >= 4 is 35.4 Å². The summed E-state index contributed by atoms with van der Waals surface area (Å²) in [6.07, 6.45) is 1.42. The van der Waals surface area contributed by atoms with Crippen LogP contribution in [-0.4, -0.2) is 43.5 Å². The highest BCUT2D eigenvalue weighted by atomic mass is 32.1. The molecule has 1 atom stereocenters. The summed E-state index contributed by atoms with van der Waals surface area (Å²) in [5, 5.41) is 10.4. The van der Waals surface area contributed by atoms with Gasteiger partial charge in [0.05, 0.1) is 31.5 Å². The average Bonchev–Trinajstić information content (AvgIpc) is 2.99. The molecule has 3 aromatic carbocycles. The molecule has 1 amide bonds. The number of rotatable bonds is 12. The molecule has 0 aliphatic carbocycles. The highest BCUT2D eigenvalue weighted by Crippen LogP contribution is 2.34. The van der Waals surface area contributed by atoms with Crippen LogP contribution >= 0.6 is 12.2 Å². The number of esters is 1. The number of hydrazone groups is 1. The van der Waals surface area contributed by atoms with Gasteiger partial charge in [0.15, 0.2) is 23.2 Å². The fourth-order valence-electron chi connectivity index (χ4n) is 4.29. The molecule has 0 bridgehead atoms. The Bertz CT molecular complexity index is 1540. The van der Waals surface area contributed by atoms with Gasteiger partial charge in [-0.1, -0.05) is 36.4 Å². The summed E-state index contributed by atoms with van der Waals surface area (Å²) in [7, 11) is 1.51. The lowest BCUT2D eigenvalue weighted by Crippen LogP contribution is -2.45. The van der Waals surface area contributed by atoms with Crippen molar-refractivity contribution in [1.29, 1.82) is 0 Å². The summed E-state index contributed by atoms with van der Waals surface area (Å²) < 4.78 is 35.7. The molecule has 1 aliphatic heterocycles. The molecule has 0 radical (unpaired) electrons. The topological polar surface area (TPSA) is 120 Å². The molecule has 10 nitrogen and oxygen atoms in total. The van der Waals surface area contributed by atoms with Gasteiger partial charge in [-0.15, -0.1) is 0 Å². The van der Waals surface area contributed by atoms with E-state index in [1.807, 2.05) is 0 Å². The van der Waals surface area contributed by atoms with E-state index in [0.29, 0.717) is 44.8 Å². The van der Waals surface area contributed by atoms with Crippen LogP contribution in [0.15, 0.2) is 83.1 Å². The number of amides is 1. The third-order valence-electron chi connectivity index (χ3n) is 6.27. The first-order valence-corrected chi connectivity index (χ1v) is 13.7. The summed E-state index contributed by atoms with van der Waals surface area (Å²) >= 11 is 5.31. The zero-order valence-electron chi connectivity index (χ0n) is 23.8. The molecule has 0 saturated heterocycles. The maximum atomic E-state index is 13.2. The second-order valence-electron chi connectivity index (χ2n) is 9.20. The molecule has 12 heteroatoms. The molecule has 43 heavy (non-hydrogen) atoms. The van der Waals surface area contributed by atoms with Crippen molar-refractivity contribution in [2.45, 2.75) is 26.5 Å². The maximum absolute atomic E-state index is 13.2. The largest absolute Gasteiger partial charge is 0.493 e. The lowest BCUT2D eigenvalue weighted by Gasteiger charge is -2.30. The predicted molar refractivity (Wildman–Crippen MR) is 162 cm³/mol. The van der Waals surface area contributed by atoms with E-state index >= 15 is 0 Å². The summed E-state index contributed by atoms with van der Waals surface area (Å²) in [6.45, 7) is 3.50. The number of carbonyl (C=O) groups is 2. The summed E-state index contributed by atoms with van der Waals surface area (Å²) in [6, 6.07) is 17.6. The molecule has 0 unspecified atom stereocenters. The van der Waals surface area contributed by atoms with E-state index in [1.54, 1.807) is 68.4 Å². The van der Waals surface area contributed by atoms with Gasteiger partial charge in [-0.2, -0.15) is 5.10 Å². The molecule has 0 aromatic heterocycles. The minimum Gasteiger partial charge on any atom is -0.493 e. The molecule has 1 aliphatic rings. The second kappa shape index (κ2) is 14.8. The monoisotopic (exact) mass is 606 g/mol. The first-order valence-electron chi connectivity index (χ1n) is 13.3. The molecule has 224 valence electrons. The van der Waals surface area contributed by atoms with E-state index in [9.17, 15) is 14.0 Å². The summed E-state index contributed by atoms with van der Waals surface area (Å²) in [4.78, 5) is 25.4. The Labute approximate surface area is 253 Å². The smallest absolute Gasteiger partial charge is 0.338 e. The van der Waals surface area contributed by atoms with Gasteiger partial charge in [0, 0.05) is 16.8 Å². The number of hydrogen-bond acceptors (Lipinski definition) is 8. The number of carbonyl (C=O) groups excluding carboxylic acids is 2. The molecule has 1 heterocycles. The Kier molecular flexibility index (Phi) is 10.6. The van der Waals surface area contributed by atoms with Gasteiger partial charge in [-0.25, -0.2) is 14.6 Å². The molecule has 0 saturated carbocycles. The number of methoxy groups -OCH3 is 1. The number of ether oxygens (including phenoxy) is 4. The molecular formula is C31H31FN4O6S. The van der Waals surface area contributed by atoms with E-state index in [1.165, 1.54) is 25.5 Å². The number of halogens is 1. The van der Waals surface area contributed by atoms with Gasteiger partial charge in [0.25, 0.3) is 5.91 Å². The highest BCUT2D eigenvalue weighted by Gasteiger charge is 2.32. The Balaban J connectivity index is 1.43. The Morgan fingerprint density at radius 3 is 2.53 bits per heavy atom. The van der Waals surface area contributed by atoms with Gasteiger partial charge >= 0.3 is 5.97 Å². The molecule has 3 aromatic rings. The number of allylic oxidation sites excluding steroid dienone is 1. The van der Waals surface area contributed by atoms with Crippen LogP contribution in [0.5, 0.6) is 17.2 Å². The van der Waals surface area contributed by atoms with Crippen molar-refractivity contribution in [3.63, 3.8) is 0 Å². The van der Waals surface area contributed by atoms with Gasteiger partial charge < -0.3 is 29.6 Å². The molecule has 3 N–H and O–H groups in total. The van der Waals surface area contributed by atoms with Crippen LogP contribution in [0.4, 0.5) is 4.39 Å². The third-order valence-corrected chi connectivity index (χ3v) is 6.49. The second-order valence-corrected chi connectivity index (χ2v) is 9.61. The summed E-state index contributed by atoms with van der Waals surface area (Å²) in [5.74, 6) is -0.0950. The minimum atomic E-state index is -0.647. The van der Waals surface area contributed by atoms with Crippen molar-refractivity contribution in [2.24, 2.45) is 5.10 Å². The zero-order chi connectivity index (χ0) is 30.8. The van der Waals surface area contributed by atoms with Gasteiger partial charge in [0.1, 0.15) is 18.2 Å². The number of hydrogen-bond donors (Lipinski definition) is 3. The van der Waals surface area contributed by atoms with Crippen molar-refractivity contribution in [3.8, 4) is 17.2 Å². The zero-order valence-corrected chi connectivity index (χ0v) is 24.6. The van der Waals surface area contributed by atoms with Crippen LogP contribution in [0.3, 0.4) is 0 Å². The predicted octanol–water partition coefficient (Wildman–Crippen LogP) is 4.30. The van der Waals surface area contributed by atoms with Crippen LogP contribution in [0, 0.1) is 5.82 Å². The lowest BCUT2D eigenvalue weighted by atomic mass is 9.95. The Hall–Kier alpha value is -4.97. The average molecular weight is 607 g/mol. The highest BCUT2D eigenvalue weighted by molar-refractivity contribution is 7.80. The first-order chi connectivity index (χ1) is 20.8. The molecule has 0 fully saturated rings. The third kappa shape index (κ3) is 8.07. The van der Waals surface area contributed by atoms with Crippen LogP contribution < -0.4 is 30.3 Å². The van der Waals surface area contributed by atoms with E-state index < -0.39 is 17.9 Å². The van der Waals surface area contributed by atoms with Crippen molar-refractivity contribution in [3.05, 3.63) is 101 Å². The van der Waals surface area contributed by atoms with Gasteiger partial charge in [0.2, 0.25) is 0 Å². The number of para-hydroxylation sites is 2. The van der Waals surface area contributed by atoms with Gasteiger partial charge in [-0.3, -0.25) is 4.79 Å². The maximum Gasteiger partial charge on any atom is 0.338 e. The van der Waals surface area contributed by atoms with Crippen LogP contribution in [-0.2, 0) is 20.9 Å². The summed E-state index contributed by atoms with van der Waals surface area (Å²) in [5.41, 5.74) is 5.28. The first kappa shape index (κ1) is 31.0. The van der Waals surface area contributed by atoms with E-state index in [2.05, 4.69) is 21.2 Å². The fourth-order valence-corrected chi connectivity index (χ4v) is 4.56. The number of thiocarbonyl (C=S) groups is 1. The Morgan fingerprint density at radius 2 is 1.79 bits per heavy atom. The normalized spacial score (nSPS) is 14.5. The SMILES string of the molecule is CCOC(=O)C1=C(C)NC(=S)N[C@@H]1c1ccccc1OCC(=O)NN=Cc1cccc(OC)c1OCc1ccc(F)cc1. The standard InChI is InChI=1S/C31H31FN4O6S/c1-4-40-30(38)27-19(2)34-31(43)35-28(27)23-9-5-6-10-24(23)41-18-26(37)36-33-16-21-8-7-11-25(39-3)29(21)42-17-20-12-14-22(32)15-13-20/h5-16,28H,4,17-18H2,1-3H3,(H,36,37)(H2,34,35,43)/t28-/m1/s1. The number of benzene rings is 3. The van der Waals surface area contributed by atoms with Crippen molar-refractivity contribution in [1.82, 2.24) is 16.1 Å². The fraction of sp³-hybridized carbons (Fsp3) is 0.226. The minimum absolute atomic E-state index is 0.171. The number of nitrogens with one attached hydrogen (secondary N) is 3. The Morgan fingerprint density at radius 1 is 1.05 bits per heavy atom. The van der Waals surface area contributed by atoms with E-state index in [0.717, 1.165) is 5.56 Å². The van der Waals surface area contributed by atoms with E-state index in [4.69, 9.17) is 31.2 Å². The molecular weight excluding hydrogens is 575 g/mol. The quantitative estimate of drug-likeness (QED) is 0.120. The van der Waals surface area contributed by atoms with Crippen LogP contribution in [0.1, 0.15) is 36.6 Å². The molecule has 4 rings (SSSR count). The molecule has 0 spiro atoms. The van der Waals surface area contributed by atoms with Crippen molar-refractivity contribution < 1.29 is 32.9 Å². The van der Waals surface area contributed by atoms with Crippen molar-refractivity contribution in [2.75, 3.05) is 20.3 Å². The van der Waals surface area contributed by atoms with Gasteiger partial charge in [-0.05, 0) is 62.0 Å². The van der Waals surface area contributed by atoms with E-state index in [-0.39, 0.29) is 25.6 Å². The van der Waals surface area contributed by atoms with Crippen LogP contribution in [0.2, 0.25) is 0 Å². The lowest BCUT2D eigenvalue weighted by molar-refractivity contribution is -0.139.